The predicted octanol–water partition coefficient (Wildman–Crippen LogP) is 2.16. The van der Waals surface area contributed by atoms with Gasteiger partial charge in [0.1, 0.15) is 0 Å². The third-order valence-electron chi connectivity index (χ3n) is 3.11. The van der Waals surface area contributed by atoms with Crippen molar-refractivity contribution in [1.82, 2.24) is 9.62 Å². The molecule has 0 aliphatic carbocycles. The summed E-state index contributed by atoms with van der Waals surface area (Å²) in [4.78, 5) is 0.358. The molecule has 1 fully saturated rings. The van der Waals surface area contributed by atoms with Crippen LogP contribution in [0.3, 0.4) is 0 Å². The van der Waals surface area contributed by atoms with Crippen LogP contribution >= 0.6 is 28.3 Å². The molecule has 1 aliphatic rings. The van der Waals surface area contributed by atoms with E-state index in [-0.39, 0.29) is 18.4 Å². The Morgan fingerprint density at radius 3 is 2.74 bits per heavy atom. The quantitative estimate of drug-likeness (QED) is 0.869. The Kier molecular flexibility index (Phi) is 5.82. The Balaban J connectivity index is 0.00000180. The molecule has 1 unspecified atom stereocenters. The number of piperazine rings is 1. The molecular weight excluding hydrogens is 352 g/mol. The van der Waals surface area contributed by atoms with Gasteiger partial charge in [0.2, 0.25) is 10.0 Å². The van der Waals surface area contributed by atoms with Gasteiger partial charge >= 0.3 is 0 Å². The van der Waals surface area contributed by atoms with Gasteiger partial charge < -0.3 is 5.32 Å². The van der Waals surface area contributed by atoms with Crippen molar-refractivity contribution in [2.24, 2.45) is 0 Å². The lowest BCUT2D eigenvalue weighted by molar-refractivity contribution is 0.310. The van der Waals surface area contributed by atoms with E-state index >= 15 is 0 Å². The molecule has 108 valence electrons. The summed E-state index contributed by atoms with van der Waals surface area (Å²) >= 11 is 3.38. The molecule has 1 saturated heterocycles. The smallest absolute Gasteiger partial charge is 0.244 e. The molecule has 1 N–H and O–H groups in total. The molecule has 19 heavy (non-hydrogen) atoms. The van der Waals surface area contributed by atoms with Gasteiger partial charge in [-0.3, -0.25) is 0 Å². The molecule has 4 nitrogen and oxygen atoms in total. The zero-order valence-electron chi connectivity index (χ0n) is 10.9. The highest BCUT2D eigenvalue weighted by molar-refractivity contribution is 9.10. The van der Waals surface area contributed by atoms with E-state index in [0.29, 0.717) is 29.0 Å². The number of hydrogen-bond donors (Lipinski definition) is 1. The minimum absolute atomic E-state index is 0. The van der Waals surface area contributed by atoms with Gasteiger partial charge in [-0.2, -0.15) is 4.31 Å². The molecule has 1 aromatic carbocycles. The topological polar surface area (TPSA) is 49.4 Å². The van der Waals surface area contributed by atoms with Crippen molar-refractivity contribution in [2.75, 3.05) is 19.6 Å². The first-order chi connectivity index (χ1) is 8.43. The highest BCUT2D eigenvalue weighted by Gasteiger charge is 2.30. The third-order valence-corrected chi connectivity index (χ3v) is 6.33. The van der Waals surface area contributed by atoms with Crippen LogP contribution in [0.5, 0.6) is 0 Å². The first-order valence-corrected chi connectivity index (χ1v) is 8.15. The molecule has 1 aromatic rings. The van der Waals surface area contributed by atoms with Crippen LogP contribution in [0.2, 0.25) is 0 Å². The van der Waals surface area contributed by atoms with E-state index < -0.39 is 10.0 Å². The monoisotopic (exact) mass is 368 g/mol. The van der Waals surface area contributed by atoms with Crippen LogP contribution < -0.4 is 5.32 Å². The lowest BCUT2D eigenvalue weighted by Crippen LogP contribution is -2.51. The first-order valence-electron chi connectivity index (χ1n) is 5.91. The van der Waals surface area contributed by atoms with Crippen molar-refractivity contribution in [3.8, 4) is 0 Å². The molecule has 0 aromatic heterocycles. The van der Waals surface area contributed by atoms with Crippen molar-refractivity contribution in [2.45, 2.75) is 24.8 Å². The molecule has 0 radical (unpaired) electrons. The van der Waals surface area contributed by atoms with Gasteiger partial charge in [0, 0.05) is 30.1 Å². The van der Waals surface area contributed by atoms with Gasteiger partial charge in [0.25, 0.3) is 0 Å². The Morgan fingerprint density at radius 2 is 2.11 bits per heavy atom. The van der Waals surface area contributed by atoms with Gasteiger partial charge in [-0.05, 0) is 41.4 Å². The molecule has 1 atom stereocenters. The van der Waals surface area contributed by atoms with Crippen LogP contribution in [0.4, 0.5) is 0 Å². The Hall–Kier alpha value is -0.140. The second kappa shape index (κ2) is 6.54. The number of hydrogen-bond acceptors (Lipinski definition) is 3. The van der Waals surface area contributed by atoms with E-state index in [0.717, 1.165) is 5.56 Å². The summed E-state index contributed by atoms with van der Waals surface area (Å²) in [5.41, 5.74) is 0.930. The maximum atomic E-state index is 12.6. The number of nitrogens with zero attached hydrogens (tertiary/aromatic N) is 1. The summed E-state index contributed by atoms with van der Waals surface area (Å²) in [6, 6.07) is 5.51. The van der Waals surface area contributed by atoms with Gasteiger partial charge in [0.05, 0.1) is 4.90 Å². The average Bonchev–Trinajstić information content (AvgIpc) is 2.32. The fourth-order valence-electron chi connectivity index (χ4n) is 2.07. The molecule has 1 aliphatic heterocycles. The van der Waals surface area contributed by atoms with Crippen LogP contribution in [0.15, 0.2) is 27.6 Å². The zero-order chi connectivity index (χ0) is 13.3. The van der Waals surface area contributed by atoms with E-state index in [1.807, 2.05) is 19.9 Å². The van der Waals surface area contributed by atoms with E-state index in [1.54, 1.807) is 16.4 Å². The second-order valence-corrected chi connectivity index (χ2v) is 7.30. The highest BCUT2D eigenvalue weighted by Crippen LogP contribution is 2.28. The average molecular weight is 370 g/mol. The SMILES string of the molecule is Cc1cccc(S(=O)(=O)N2CCNC(C)C2)c1Br.Cl. The maximum Gasteiger partial charge on any atom is 0.244 e. The Morgan fingerprint density at radius 1 is 1.42 bits per heavy atom. The minimum Gasteiger partial charge on any atom is -0.312 e. The lowest BCUT2D eigenvalue weighted by atomic mass is 10.2. The van der Waals surface area contributed by atoms with Crippen molar-refractivity contribution in [3.63, 3.8) is 0 Å². The van der Waals surface area contributed by atoms with E-state index in [4.69, 9.17) is 0 Å². The van der Waals surface area contributed by atoms with Crippen molar-refractivity contribution >= 4 is 38.4 Å². The van der Waals surface area contributed by atoms with Gasteiger partial charge in [-0.25, -0.2) is 8.42 Å². The summed E-state index contributed by atoms with van der Waals surface area (Å²) in [6.45, 7) is 5.62. The molecular formula is C12H18BrClN2O2S. The van der Waals surface area contributed by atoms with Crippen LogP contribution in [-0.4, -0.2) is 38.4 Å². The van der Waals surface area contributed by atoms with Crippen LogP contribution in [0.1, 0.15) is 12.5 Å². The van der Waals surface area contributed by atoms with E-state index in [9.17, 15) is 8.42 Å². The molecule has 7 heteroatoms. The lowest BCUT2D eigenvalue weighted by Gasteiger charge is -2.31. The number of benzene rings is 1. The summed E-state index contributed by atoms with van der Waals surface area (Å²) in [5, 5.41) is 3.24. The molecule has 0 amide bonds. The number of aryl methyl sites for hydroxylation is 1. The summed E-state index contributed by atoms with van der Waals surface area (Å²) in [6.07, 6.45) is 0. The molecule has 0 spiro atoms. The standard InChI is InChI=1S/C12H17BrN2O2S.ClH/c1-9-4-3-5-11(12(9)13)18(16,17)15-7-6-14-10(2)8-15;/h3-5,10,14H,6-8H2,1-2H3;1H. The van der Waals surface area contributed by atoms with Crippen LogP contribution in [-0.2, 0) is 10.0 Å². The molecule has 1 heterocycles. The van der Waals surface area contributed by atoms with Gasteiger partial charge in [-0.15, -0.1) is 12.4 Å². The van der Waals surface area contributed by atoms with E-state index in [1.165, 1.54) is 0 Å². The summed E-state index contributed by atoms with van der Waals surface area (Å²) in [7, 11) is -3.40. The van der Waals surface area contributed by atoms with Crippen molar-refractivity contribution < 1.29 is 8.42 Å². The third kappa shape index (κ3) is 3.49. The zero-order valence-corrected chi connectivity index (χ0v) is 14.1. The number of nitrogens with one attached hydrogen (secondary N) is 1. The normalized spacial score (nSPS) is 20.9. The second-order valence-electron chi connectivity index (χ2n) is 4.61. The highest BCUT2D eigenvalue weighted by atomic mass is 79.9. The van der Waals surface area contributed by atoms with Crippen LogP contribution in [0, 0.1) is 6.92 Å². The minimum atomic E-state index is -3.40. The van der Waals surface area contributed by atoms with Crippen LogP contribution in [0.25, 0.3) is 0 Å². The Labute approximate surface area is 129 Å². The Bertz CT molecular complexity index is 551. The molecule has 0 saturated carbocycles. The van der Waals surface area contributed by atoms with Crippen molar-refractivity contribution in [1.29, 1.82) is 0 Å². The fourth-order valence-corrected chi connectivity index (χ4v) is 4.62. The maximum absolute atomic E-state index is 12.6. The molecule has 2 rings (SSSR count). The number of rotatable bonds is 2. The predicted molar refractivity (Wildman–Crippen MR) is 82.4 cm³/mol. The fraction of sp³-hybridized carbons (Fsp3) is 0.500. The van der Waals surface area contributed by atoms with Gasteiger partial charge in [0.15, 0.2) is 0 Å². The van der Waals surface area contributed by atoms with E-state index in [2.05, 4.69) is 21.2 Å². The molecule has 0 bridgehead atoms. The largest absolute Gasteiger partial charge is 0.312 e. The number of sulfonamides is 1. The first kappa shape index (κ1) is 16.9. The van der Waals surface area contributed by atoms with Gasteiger partial charge in [-0.1, -0.05) is 12.1 Å². The summed E-state index contributed by atoms with van der Waals surface area (Å²) in [5.74, 6) is 0. The number of halogens is 2. The van der Waals surface area contributed by atoms with Crippen molar-refractivity contribution in [3.05, 3.63) is 28.2 Å². The summed E-state index contributed by atoms with van der Waals surface area (Å²) < 4.78 is 27.4.